The van der Waals surface area contributed by atoms with Gasteiger partial charge in [0.05, 0.1) is 13.2 Å². The van der Waals surface area contributed by atoms with Gasteiger partial charge in [0.15, 0.2) is 6.29 Å². The Labute approximate surface area is 135 Å². The molecule has 2 saturated heterocycles. The zero-order chi connectivity index (χ0) is 18.0. The van der Waals surface area contributed by atoms with E-state index in [0.717, 1.165) is 0 Å². The molecule has 12 nitrogen and oxygen atoms in total. The van der Waals surface area contributed by atoms with Crippen LogP contribution in [0.15, 0.2) is 0 Å². The molecule has 2 rings (SSSR count). The molecule has 0 unspecified atom stereocenters. The third-order valence-electron chi connectivity index (χ3n) is 3.95. The highest BCUT2D eigenvalue weighted by molar-refractivity contribution is 4.90. The standard InChI is InChI=1S/C12H22O12/c13-1-3-5(15)6(16)9(19)12(22-3)24-23-10-4(2-14)21-11(20)8(18)7(10)17/h3-20H,1-2H2/t3-,4-,5-,6+,7-,8-,9-,10-,11+,12-/m1/s1. The summed E-state index contributed by atoms with van der Waals surface area (Å²) in [5.41, 5.74) is 0. The molecule has 2 fully saturated rings. The summed E-state index contributed by atoms with van der Waals surface area (Å²) in [6, 6.07) is 0. The normalized spacial score (nSPS) is 50.0. The molecular formula is C12H22O12. The van der Waals surface area contributed by atoms with Crippen molar-refractivity contribution < 1.29 is 60.1 Å². The first-order chi connectivity index (χ1) is 11.3. The highest BCUT2D eigenvalue weighted by atomic mass is 17.2. The fourth-order valence-electron chi connectivity index (χ4n) is 2.45. The summed E-state index contributed by atoms with van der Waals surface area (Å²) >= 11 is 0. The van der Waals surface area contributed by atoms with Crippen LogP contribution in [0.25, 0.3) is 0 Å². The summed E-state index contributed by atoms with van der Waals surface area (Å²) < 4.78 is 9.86. The lowest BCUT2D eigenvalue weighted by Crippen LogP contribution is -2.61. The molecule has 0 spiro atoms. The molecule has 24 heavy (non-hydrogen) atoms. The van der Waals surface area contributed by atoms with E-state index in [2.05, 4.69) is 0 Å². The minimum Gasteiger partial charge on any atom is -0.394 e. The minimum atomic E-state index is -1.75. The number of aliphatic hydroxyl groups is 8. The first-order valence-corrected chi connectivity index (χ1v) is 7.25. The summed E-state index contributed by atoms with van der Waals surface area (Å²) in [7, 11) is 0. The smallest absolute Gasteiger partial charge is 0.220 e. The van der Waals surface area contributed by atoms with Gasteiger partial charge in [-0.15, -0.1) is 0 Å². The monoisotopic (exact) mass is 358 g/mol. The second-order valence-electron chi connectivity index (χ2n) is 5.58. The van der Waals surface area contributed by atoms with Gasteiger partial charge >= 0.3 is 0 Å². The predicted molar refractivity (Wildman–Crippen MR) is 69.7 cm³/mol. The Hall–Kier alpha value is -0.480. The first-order valence-electron chi connectivity index (χ1n) is 7.25. The largest absolute Gasteiger partial charge is 0.394 e. The van der Waals surface area contributed by atoms with E-state index >= 15 is 0 Å². The van der Waals surface area contributed by atoms with Gasteiger partial charge in [0.25, 0.3) is 0 Å². The topological polar surface area (TPSA) is 199 Å². The van der Waals surface area contributed by atoms with Gasteiger partial charge in [0.1, 0.15) is 48.8 Å². The number of ether oxygens (including phenoxy) is 2. The van der Waals surface area contributed by atoms with Crippen LogP contribution in [-0.4, -0.2) is 115 Å². The molecule has 2 aliphatic heterocycles. The summed E-state index contributed by atoms with van der Waals surface area (Å²) in [6.45, 7) is -1.37. The van der Waals surface area contributed by atoms with Crippen molar-refractivity contribution in [2.75, 3.05) is 13.2 Å². The van der Waals surface area contributed by atoms with Crippen LogP contribution in [0.5, 0.6) is 0 Å². The number of hydrogen-bond donors (Lipinski definition) is 8. The maximum Gasteiger partial charge on any atom is 0.220 e. The predicted octanol–water partition coefficient (Wildman–Crippen LogP) is -5.47. The molecule has 2 aliphatic rings. The van der Waals surface area contributed by atoms with E-state index < -0.39 is 74.6 Å². The van der Waals surface area contributed by atoms with Crippen molar-refractivity contribution in [3.63, 3.8) is 0 Å². The van der Waals surface area contributed by atoms with E-state index in [1.54, 1.807) is 0 Å². The second kappa shape index (κ2) is 8.27. The molecule has 0 amide bonds. The molecule has 10 atom stereocenters. The Balaban J connectivity index is 2.00. The molecule has 0 aromatic heterocycles. The van der Waals surface area contributed by atoms with Gasteiger partial charge in [-0.25, -0.2) is 9.78 Å². The van der Waals surface area contributed by atoms with Crippen molar-refractivity contribution >= 4 is 0 Å². The van der Waals surface area contributed by atoms with E-state index in [9.17, 15) is 35.7 Å². The average molecular weight is 358 g/mol. The molecule has 0 radical (unpaired) electrons. The quantitative estimate of drug-likeness (QED) is 0.172. The average Bonchev–Trinajstić information content (AvgIpc) is 2.58. The Kier molecular flexibility index (Phi) is 6.83. The fraction of sp³-hybridized carbons (Fsp3) is 1.00. The molecule has 0 bridgehead atoms. The lowest BCUT2D eigenvalue weighted by atomic mass is 9.99. The Morgan fingerprint density at radius 1 is 0.625 bits per heavy atom. The highest BCUT2D eigenvalue weighted by Gasteiger charge is 2.48. The first kappa shape index (κ1) is 19.8. The lowest BCUT2D eigenvalue weighted by Gasteiger charge is -2.42. The van der Waals surface area contributed by atoms with Gasteiger partial charge in [-0.1, -0.05) is 0 Å². The van der Waals surface area contributed by atoms with Gasteiger partial charge in [0, 0.05) is 0 Å². The molecule has 2 heterocycles. The van der Waals surface area contributed by atoms with Crippen molar-refractivity contribution in [1.82, 2.24) is 0 Å². The van der Waals surface area contributed by atoms with Crippen molar-refractivity contribution in [2.45, 2.75) is 61.4 Å². The zero-order valence-corrected chi connectivity index (χ0v) is 12.4. The molecule has 12 heteroatoms. The Bertz CT molecular complexity index is 392. The maximum atomic E-state index is 9.86. The van der Waals surface area contributed by atoms with E-state index in [1.807, 2.05) is 0 Å². The molecule has 0 aliphatic carbocycles. The second-order valence-corrected chi connectivity index (χ2v) is 5.58. The molecule has 0 saturated carbocycles. The van der Waals surface area contributed by atoms with Crippen LogP contribution in [-0.2, 0) is 19.2 Å². The fourth-order valence-corrected chi connectivity index (χ4v) is 2.45. The molecule has 0 aromatic carbocycles. The lowest BCUT2D eigenvalue weighted by molar-refractivity contribution is -0.464. The highest BCUT2D eigenvalue weighted by Crippen LogP contribution is 2.26. The van der Waals surface area contributed by atoms with Gasteiger partial charge in [-0.05, 0) is 0 Å². The third kappa shape index (κ3) is 3.85. The summed E-state index contributed by atoms with van der Waals surface area (Å²) in [5.74, 6) is 0. The van der Waals surface area contributed by atoms with E-state index in [1.165, 1.54) is 0 Å². The summed E-state index contributed by atoms with van der Waals surface area (Å²) in [6.07, 6.45) is -15.8. The molecule has 0 aromatic rings. The van der Waals surface area contributed by atoms with Crippen LogP contribution in [0.4, 0.5) is 0 Å². The van der Waals surface area contributed by atoms with E-state index in [4.69, 9.17) is 24.4 Å². The third-order valence-corrected chi connectivity index (χ3v) is 3.95. The number of hydrogen-bond acceptors (Lipinski definition) is 12. The number of rotatable bonds is 5. The van der Waals surface area contributed by atoms with Crippen LogP contribution >= 0.6 is 0 Å². The van der Waals surface area contributed by atoms with Gasteiger partial charge in [0.2, 0.25) is 6.29 Å². The molecular weight excluding hydrogens is 336 g/mol. The summed E-state index contributed by atoms with van der Waals surface area (Å²) in [5, 5.41) is 76.0. The van der Waals surface area contributed by atoms with Gasteiger partial charge in [-0.2, -0.15) is 0 Å². The zero-order valence-electron chi connectivity index (χ0n) is 12.4. The van der Waals surface area contributed by atoms with E-state index in [0.29, 0.717) is 0 Å². The van der Waals surface area contributed by atoms with Crippen molar-refractivity contribution in [1.29, 1.82) is 0 Å². The number of aliphatic hydroxyl groups excluding tert-OH is 8. The van der Waals surface area contributed by atoms with Crippen molar-refractivity contribution in [3.8, 4) is 0 Å². The van der Waals surface area contributed by atoms with Crippen LogP contribution in [0.3, 0.4) is 0 Å². The molecule has 142 valence electrons. The van der Waals surface area contributed by atoms with Gasteiger partial charge < -0.3 is 50.3 Å². The van der Waals surface area contributed by atoms with Crippen LogP contribution in [0.2, 0.25) is 0 Å². The summed E-state index contributed by atoms with van der Waals surface area (Å²) in [4.78, 5) is 9.61. The van der Waals surface area contributed by atoms with Crippen molar-refractivity contribution in [2.24, 2.45) is 0 Å². The van der Waals surface area contributed by atoms with Crippen LogP contribution < -0.4 is 0 Å². The van der Waals surface area contributed by atoms with Gasteiger partial charge in [-0.3, -0.25) is 0 Å². The van der Waals surface area contributed by atoms with Crippen LogP contribution in [0.1, 0.15) is 0 Å². The van der Waals surface area contributed by atoms with Crippen LogP contribution in [0, 0.1) is 0 Å². The maximum absolute atomic E-state index is 9.86. The Morgan fingerprint density at radius 2 is 1.25 bits per heavy atom. The Morgan fingerprint density at radius 3 is 1.83 bits per heavy atom. The minimum absolute atomic E-state index is 0.676. The SMILES string of the molecule is OC[C@H]1O[C@H](OO[C@H]2[C@H](O)[C@@H](O)[C@@H](O)O[C@@H]2CO)[C@H](O)[C@@H](O)[C@@H]1O. The van der Waals surface area contributed by atoms with Crippen molar-refractivity contribution in [3.05, 3.63) is 0 Å². The molecule has 8 N–H and O–H groups in total. The van der Waals surface area contributed by atoms with E-state index in [-0.39, 0.29) is 0 Å².